The first-order valence-electron chi connectivity index (χ1n) is 8.62. The van der Waals surface area contributed by atoms with Crippen molar-refractivity contribution in [3.63, 3.8) is 0 Å². The number of hydrogen-bond acceptors (Lipinski definition) is 3. The topological polar surface area (TPSA) is 43.1 Å². The highest BCUT2D eigenvalue weighted by Crippen LogP contribution is 2.26. The van der Waals surface area contributed by atoms with Gasteiger partial charge in [0.15, 0.2) is 11.5 Å². The van der Waals surface area contributed by atoms with Gasteiger partial charge in [0.25, 0.3) is 0 Å². The Kier molecular flexibility index (Phi) is 3.46. The van der Waals surface area contributed by atoms with E-state index in [0.29, 0.717) is 0 Å². The molecule has 0 aliphatic heterocycles. The summed E-state index contributed by atoms with van der Waals surface area (Å²) in [5, 5.41) is 16.0. The maximum absolute atomic E-state index is 4.93. The van der Waals surface area contributed by atoms with Crippen LogP contribution < -0.4 is 0 Å². The third-order valence-corrected chi connectivity index (χ3v) is 4.59. The molecule has 5 aromatic rings. The first-order chi connectivity index (χ1) is 12.9. The Bertz CT molecular complexity index is 1190. The number of hydrogen-bond donors (Lipinski definition) is 0. The Balaban J connectivity index is 1.77. The molecule has 124 valence electrons. The Labute approximate surface area is 150 Å². The van der Waals surface area contributed by atoms with Crippen LogP contribution in [-0.4, -0.2) is 19.8 Å². The van der Waals surface area contributed by atoms with Crippen molar-refractivity contribution in [2.75, 3.05) is 0 Å². The lowest BCUT2D eigenvalue weighted by atomic mass is 10.0. The molecule has 0 atom stereocenters. The highest BCUT2D eigenvalue weighted by atomic mass is 15.4. The van der Waals surface area contributed by atoms with E-state index in [1.54, 1.807) is 0 Å². The lowest BCUT2D eigenvalue weighted by Gasteiger charge is -2.08. The number of nitrogens with zero attached hydrogens (tertiary/aromatic N) is 4. The molecule has 0 fully saturated rings. The van der Waals surface area contributed by atoms with E-state index < -0.39 is 0 Å². The van der Waals surface area contributed by atoms with Crippen LogP contribution in [0.4, 0.5) is 0 Å². The molecule has 0 amide bonds. The highest BCUT2D eigenvalue weighted by Gasteiger charge is 2.15. The van der Waals surface area contributed by atoms with Crippen LogP contribution in [0.5, 0.6) is 0 Å². The van der Waals surface area contributed by atoms with Gasteiger partial charge >= 0.3 is 0 Å². The lowest BCUT2D eigenvalue weighted by molar-refractivity contribution is 0.889. The van der Waals surface area contributed by atoms with Crippen molar-refractivity contribution in [1.29, 1.82) is 0 Å². The molecule has 0 aliphatic carbocycles. The highest BCUT2D eigenvalue weighted by molar-refractivity contribution is 5.95. The third kappa shape index (κ3) is 2.43. The second-order valence-corrected chi connectivity index (χ2v) is 6.28. The molecular formula is C22H16N4. The Hall–Kier alpha value is -3.53. The van der Waals surface area contributed by atoms with Crippen LogP contribution in [-0.2, 0) is 6.42 Å². The van der Waals surface area contributed by atoms with Gasteiger partial charge in [-0.25, -0.2) is 0 Å². The van der Waals surface area contributed by atoms with E-state index in [-0.39, 0.29) is 0 Å². The first kappa shape index (κ1) is 14.8. The summed E-state index contributed by atoms with van der Waals surface area (Å²) in [7, 11) is 0. The Morgan fingerprint density at radius 3 is 2.08 bits per heavy atom. The van der Waals surface area contributed by atoms with Crippen LogP contribution in [0, 0.1) is 0 Å². The summed E-state index contributed by atoms with van der Waals surface area (Å²) >= 11 is 0. The summed E-state index contributed by atoms with van der Waals surface area (Å²) in [6.45, 7) is 0. The van der Waals surface area contributed by atoms with Gasteiger partial charge in [-0.05, 0) is 5.56 Å². The fourth-order valence-corrected chi connectivity index (χ4v) is 3.33. The Morgan fingerprint density at radius 1 is 0.654 bits per heavy atom. The van der Waals surface area contributed by atoms with Gasteiger partial charge < -0.3 is 0 Å². The molecule has 0 saturated carbocycles. The molecule has 26 heavy (non-hydrogen) atoms. The zero-order valence-corrected chi connectivity index (χ0v) is 14.1. The molecule has 0 aliphatic rings. The molecule has 5 rings (SSSR count). The summed E-state index contributed by atoms with van der Waals surface area (Å²) in [6, 6.07) is 28.8. The normalized spacial score (nSPS) is 11.2. The maximum Gasteiger partial charge on any atom is 0.186 e. The van der Waals surface area contributed by atoms with Crippen LogP contribution in [0.2, 0.25) is 0 Å². The summed E-state index contributed by atoms with van der Waals surface area (Å²) in [5.41, 5.74) is 4.06. The van der Waals surface area contributed by atoms with E-state index in [0.717, 1.165) is 39.9 Å². The van der Waals surface area contributed by atoms with Gasteiger partial charge in [-0.15, -0.1) is 10.2 Å². The van der Waals surface area contributed by atoms with Crippen LogP contribution in [0.1, 0.15) is 11.3 Å². The molecule has 3 aromatic carbocycles. The van der Waals surface area contributed by atoms with E-state index >= 15 is 0 Å². The van der Waals surface area contributed by atoms with E-state index in [1.807, 2.05) is 53.0 Å². The molecule has 0 unspecified atom stereocenters. The zero-order valence-electron chi connectivity index (χ0n) is 14.1. The van der Waals surface area contributed by atoms with E-state index in [9.17, 15) is 0 Å². The van der Waals surface area contributed by atoms with Crippen molar-refractivity contribution < 1.29 is 0 Å². The largest absolute Gasteiger partial charge is 0.192 e. The molecule has 4 nitrogen and oxygen atoms in total. The van der Waals surface area contributed by atoms with Crippen LogP contribution in [0.3, 0.4) is 0 Å². The average molecular weight is 336 g/mol. The van der Waals surface area contributed by atoms with Gasteiger partial charge in [0.1, 0.15) is 0 Å². The fourth-order valence-electron chi connectivity index (χ4n) is 3.33. The minimum Gasteiger partial charge on any atom is -0.192 e. The van der Waals surface area contributed by atoms with Gasteiger partial charge in [0, 0.05) is 22.8 Å². The SMILES string of the molecule is c1ccc(Cc2nn3c(-c4ccccc4)nnc3c3ccccc23)cc1. The third-order valence-electron chi connectivity index (χ3n) is 4.59. The number of aromatic nitrogens is 4. The standard InChI is InChI=1S/C22H16N4/c1-3-9-16(10-4-1)15-20-18-13-7-8-14-19(18)22-24-23-21(26(22)25-20)17-11-5-2-6-12-17/h1-14H,15H2. The molecule has 0 bridgehead atoms. The molecule has 2 aromatic heterocycles. The molecule has 0 saturated heterocycles. The van der Waals surface area contributed by atoms with Crippen molar-refractivity contribution in [2.45, 2.75) is 6.42 Å². The van der Waals surface area contributed by atoms with Crippen molar-refractivity contribution >= 4 is 16.4 Å². The maximum atomic E-state index is 4.93. The van der Waals surface area contributed by atoms with Gasteiger partial charge in [0.05, 0.1) is 5.69 Å². The number of fused-ring (bicyclic) bond motifs is 3. The second-order valence-electron chi connectivity index (χ2n) is 6.28. The average Bonchev–Trinajstić information content (AvgIpc) is 3.14. The fraction of sp³-hybridized carbons (Fsp3) is 0.0455. The summed E-state index contributed by atoms with van der Waals surface area (Å²) < 4.78 is 1.87. The minimum absolute atomic E-state index is 0.765. The monoisotopic (exact) mass is 336 g/mol. The predicted octanol–water partition coefficient (Wildman–Crippen LogP) is 4.54. The van der Waals surface area contributed by atoms with E-state index in [2.05, 4.69) is 46.6 Å². The van der Waals surface area contributed by atoms with Crippen molar-refractivity contribution in [2.24, 2.45) is 0 Å². The van der Waals surface area contributed by atoms with Crippen molar-refractivity contribution in [3.05, 3.63) is 96.2 Å². The van der Waals surface area contributed by atoms with Gasteiger partial charge in [0.2, 0.25) is 0 Å². The van der Waals surface area contributed by atoms with Crippen molar-refractivity contribution in [1.82, 2.24) is 19.8 Å². The Morgan fingerprint density at radius 2 is 1.31 bits per heavy atom. The van der Waals surface area contributed by atoms with E-state index in [1.165, 1.54) is 5.56 Å². The smallest absolute Gasteiger partial charge is 0.186 e. The summed E-state index contributed by atoms with van der Waals surface area (Å²) in [5.74, 6) is 0.765. The van der Waals surface area contributed by atoms with Gasteiger partial charge in [-0.3, -0.25) is 0 Å². The van der Waals surface area contributed by atoms with Gasteiger partial charge in [-0.2, -0.15) is 9.61 Å². The quantitative estimate of drug-likeness (QED) is 0.486. The first-order valence-corrected chi connectivity index (χ1v) is 8.62. The predicted molar refractivity (Wildman–Crippen MR) is 103 cm³/mol. The van der Waals surface area contributed by atoms with E-state index in [4.69, 9.17) is 5.10 Å². The molecular weight excluding hydrogens is 320 g/mol. The number of rotatable bonds is 3. The molecule has 0 spiro atoms. The van der Waals surface area contributed by atoms with Crippen molar-refractivity contribution in [3.8, 4) is 11.4 Å². The van der Waals surface area contributed by atoms with Crippen LogP contribution in [0.15, 0.2) is 84.9 Å². The summed E-state index contributed by atoms with van der Waals surface area (Å²) in [6.07, 6.45) is 0.768. The number of benzene rings is 3. The van der Waals surface area contributed by atoms with Crippen LogP contribution in [0.25, 0.3) is 27.8 Å². The van der Waals surface area contributed by atoms with Gasteiger partial charge in [-0.1, -0.05) is 84.9 Å². The van der Waals surface area contributed by atoms with Crippen LogP contribution >= 0.6 is 0 Å². The molecule has 4 heteroatoms. The molecule has 0 N–H and O–H groups in total. The zero-order chi connectivity index (χ0) is 17.3. The second kappa shape index (κ2) is 6.08. The lowest BCUT2D eigenvalue weighted by Crippen LogP contribution is -2.03. The minimum atomic E-state index is 0.765. The summed E-state index contributed by atoms with van der Waals surface area (Å²) in [4.78, 5) is 0. The molecule has 2 heterocycles. The molecule has 0 radical (unpaired) electrons.